The topological polar surface area (TPSA) is 29.9 Å². The highest BCUT2D eigenvalue weighted by Gasteiger charge is 2.25. The Kier molecular flexibility index (Phi) is 2.49. The van der Waals surface area contributed by atoms with E-state index >= 15 is 0 Å². The summed E-state index contributed by atoms with van der Waals surface area (Å²) in [7, 11) is 0. The Balaban J connectivity index is 1.80. The van der Waals surface area contributed by atoms with Crippen molar-refractivity contribution in [3.63, 3.8) is 0 Å². The zero-order valence-electron chi connectivity index (χ0n) is 9.15. The summed E-state index contributed by atoms with van der Waals surface area (Å²) >= 11 is 0. The van der Waals surface area contributed by atoms with Crippen molar-refractivity contribution in [2.75, 3.05) is 13.1 Å². The van der Waals surface area contributed by atoms with Crippen molar-refractivity contribution in [2.24, 2.45) is 0 Å². The van der Waals surface area contributed by atoms with E-state index in [2.05, 4.69) is 21.2 Å². The van der Waals surface area contributed by atoms with E-state index < -0.39 is 0 Å². The first-order valence-electron chi connectivity index (χ1n) is 6.19. The number of piperidine rings is 1. The maximum absolute atomic E-state index is 4.50. The van der Waals surface area contributed by atoms with Crippen molar-refractivity contribution in [3.05, 3.63) is 18.0 Å². The van der Waals surface area contributed by atoms with E-state index in [1.165, 1.54) is 44.3 Å². The molecule has 0 spiro atoms. The monoisotopic (exact) mass is 205 g/mol. The van der Waals surface area contributed by atoms with E-state index in [1.54, 1.807) is 0 Å². The van der Waals surface area contributed by atoms with Gasteiger partial charge in [0.05, 0.1) is 6.04 Å². The molecule has 1 aromatic heterocycles. The van der Waals surface area contributed by atoms with Crippen LogP contribution >= 0.6 is 0 Å². The summed E-state index contributed by atoms with van der Waals surface area (Å²) in [4.78, 5) is 0. The minimum absolute atomic E-state index is 0.696. The first kappa shape index (κ1) is 9.40. The number of nitrogens with one attached hydrogen (secondary N) is 1. The molecule has 2 heterocycles. The predicted molar refractivity (Wildman–Crippen MR) is 60.0 cm³/mol. The molecule has 1 aromatic rings. The molecule has 0 amide bonds. The van der Waals surface area contributed by atoms with Crippen LogP contribution in [0.15, 0.2) is 12.3 Å². The van der Waals surface area contributed by atoms with E-state index in [0.717, 1.165) is 6.54 Å². The smallest absolute Gasteiger partial charge is 0.0522 e. The zero-order valence-corrected chi connectivity index (χ0v) is 9.15. The highest BCUT2D eigenvalue weighted by atomic mass is 15.3. The van der Waals surface area contributed by atoms with Gasteiger partial charge in [-0.05, 0) is 44.7 Å². The molecule has 2 aliphatic rings. The lowest BCUT2D eigenvalue weighted by molar-refractivity contribution is 0.273. The van der Waals surface area contributed by atoms with Crippen LogP contribution < -0.4 is 5.32 Å². The maximum atomic E-state index is 4.50. The first-order chi connectivity index (χ1) is 7.45. The molecular weight excluding hydrogens is 186 g/mol. The van der Waals surface area contributed by atoms with Crippen LogP contribution in [0.4, 0.5) is 0 Å². The highest BCUT2D eigenvalue weighted by Crippen LogP contribution is 2.34. The second kappa shape index (κ2) is 3.97. The molecule has 15 heavy (non-hydrogen) atoms. The fourth-order valence-electron chi connectivity index (χ4n) is 2.69. The lowest BCUT2D eigenvalue weighted by Crippen LogP contribution is -2.31. The second-order valence-electron chi connectivity index (χ2n) is 4.83. The van der Waals surface area contributed by atoms with Crippen molar-refractivity contribution in [3.8, 4) is 0 Å². The summed E-state index contributed by atoms with van der Waals surface area (Å²) in [6, 6.07) is 2.92. The van der Waals surface area contributed by atoms with Crippen LogP contribution in [0.3, 0.4) is 0 Å². The van der Waals surface area contributed by atoms with Crippen molar-refractivity contribution in [1.82, 2.24) is 15.1 Å². The minimum Gasteiger partial charge on any atom is -0.316 e. The Morgan fingerprint density at radius 1 is 1.27 bits per heavy atom. The van der Waals surface area contributed by atoms with E-state index in [4.69, 9.17) is 0 Å². The van der Waals surface area contributed by atoms with Gasteiger partial charge in [0.25, 0.3) is 0 Å². The van der Waals surface area contributed by atoms with Crippen LogP contribution in [-0.4, -0.2) is 22.9 Å². The van der Waals surface area contributed by atoms with Gasteiger partial charge in [0, 0.05) is 24.4 Å². The van der Waals surface area contributed by atoms with Crippen LogP contribution in [-0.2, 0) is 0 Å². The number of hydrogen-bond donors (Lipinski definition) is 1. The molecule has 3 heteroatoms. The van der Waals surface area contributed by atoms with E-state index in [1.807, 2.05) is 6.20 Å². The lowest BCUT2D eigenvalue weighted by Gasteiger charge is -2.31. The third kappa shape index (κ3) is 1.69. The third-order valence-corrected chi connectivity index (χ3v) is 3.84. The average Bonchev–Trinajstić information content (AvgIpc) is 2.65. The summed E-state index contributed by atoms with van der Waals surface area (Å²) < 4.78 is 2.29. The summed E-state index contributed by atoms with van der Waals surface area (Å²) in [5.41, 5.74) is 1.46. The average molecular weight is 205 g/mol. The van der Waals surface area contributed by atoms with Gasteiger partial charge < -0.3 is 5.32 Å². The molecule has 1 aliphatic carbocycles. The fourth-order valence-corrected chi connectivity index (χ4v) is 2.69. The molecule has 2 fully saturated rings. The molecule has 1 saturated heterocycles. The Hall–Kier alpha value is -0.830. The van der Waals surface area contributed by atoms with Gasteiger partial charge in [0.1, 0.15) is 0 Å². The Morgan fingerprint density at radius 3 is 2.87 bits per heavy atom. The molecule has 0 unspecified atom stereocenters. The number of nitrogens with zero attached hydrogens (tertiary/aromatic N) is 2. The van der Waals surface area contributed by atoms with E-state index in [0.29, 0.717) is 12.0 Å². The molecular formula is C12H19N3. The van der Waals surface area contributed by atoms with E-state index in [9.17, 15) is 0 Å². The number of hydrogen-bond acceptors (Lipinski definition) is 2. The van der Waals surface area contributed by atoms with Gasteiger partial charge >= 0.3 is 0 Å². The molecule has 1 atom stereocenters. The normalized spacial score (nSPS) is 27.6. The first-order valence-corrected chi connectivity index (χ1v) is 6.19. The Labute approximate surface area is 90.9 Å². The summed E-state index contributed by atoms with van der Waals surface area (Å²) in [6.45, 7) is 2.33. The summed E-state index contributed by atoms with van der Waals surface area (Å²) in [5, 5.41) is 7.99. The van der Waals surface area contributed by atoms with Gasteiger partial charge in [-0.3, -0.25) is 4.68 Å². The molecule has 3 rings (SSSR count). The van der Waals surface area contributed by atoms with Gasteiger partial charge in [0.2, 0.25) is 0 Å². The van der Waals surface area contributed by atoms with Crippen LogP contribution in [0.1, 0.15) is 49.8 Å². The third-order valence-electron chi connectivity index (χ3n) is 3.84. The molecule has 1 aliphatic heterocycles. The van der Waals surface area contributed by atoms with Gasteiger partial charge in [-0.1, -0.05) is 0 Å². The van der Waals surface area contributed by atoms with Crippen molar-refractivity contribution >= 4 is 0 Å². The molecule has 3 nitrogen and oxygen atoms in total. The number of rotatable bonds is 2. The van der Waals surface area contributed by atoms with Crippen molar-refractivity contribution in [2.45, 2.75) is 44.1 Å². The van der Waals surface area contributed by atoms with Gasteiger partial charge in [-0.15, -0.1) is 0 Å². The molecule has 0 aromatic carbocycles. The molecule has 1 N–H and O–H groups in total. The fraction of sp³-hybridized carbons (Fsp3) is 0.750. The predicted octanol–water partition coefficient (Wildman–Crippen LogP) is 2.08. The number of aromatic nitrogens is 2. The molecule has 0 bridgehead atoms. The van der Waals surface area contributed by atoms with E-state index in [-0.39, 0.29) is 0 Å². The minimum atomic E-state index is 0.696. The quantitative estimate of drug-likeness (QED) is 0.801. The van der Waals surface area contributed by atoms with Crippen molar-refractivity contribution < 1.29 is 0 Å². The zero-order chi connectivity index (χ0) is 10.1. The summed E-state index contributed by atoms with van der Waals surface area (Å²) in [5.74, 6) is 0.696. The second-order valence-corrected chi connectivity index (χ2v) is 4.83. The van der Waals surface area contributed by atoms with Crippen LogP contribution in [0.2, 0.25) is 0 Å². The highest BCUT2D eigenvalue weighted by molar-refractivity contribution is 5.11. The van der Waals surface area contributed by atoms with Crippen LogP contribution in [0.5, 0.6) is 0 Å². The van der Waals surface area contributed by atoms with Gasteiger partial charge in [-0.25, -0.2) is 0 Å². The Bertz CT molecular complexity index is 321. The molecule has 0 radical (unpaired) electrons. The molecule has 82 valence electrons. The van der Waals surface area contributed by atoms with Crippen LogP contribution in [0.25, 0.3) is 0 Å². The van der Waals surface area contributed by atoms with Gasteiger partial charge in [0.15, 0.2) is 0 Å². The summed E-state index contributed by atoms with van der Waals surface area (Å²) in [6.07, 6.45) is 8.64. The van der Waals surface area contributed by atoms with Crippen molar-refractivity contribution in [1.29, 1.82) is 0 Å². The SMILES string of the molecule is c1cc([C@@H]2CCCNC2)n(C2CCC2)n1. The standard InChI is InChI=1S/C12H19N3/c1-4-11(5-1)15-12(6-8-14-15)10-3-2-7-13-9-10/h6,8,10-11,13H,1-5,7,9H2/t10-/m1/s1. The lowest BCUT2D eigenvalue weighted by atomic mass is 9.91. The molecule has 1 saturated carbocycles. The Morgan fingerprint density at radius 2 is 2.20 bits per heavy atom. The largest absolute Gasteiger partial charge is 0.316 e. The van der Waals surface area contributed by atoms with Gasteiger partial charge in [-0.2, -0.15) is 5.10 Å². The van der Waals surface area contributed by atoms with Crippen LogP contribution in [0, 0.1) is 0 Å². The maximum Gasteiger partial charge on any atom is 0.0522 e.